The number of rotatable bonds is 3. The van der Waals surface area contributed by atoms with Crippen molar-refractivity contribution in [3.05, 3.63) is 48.5 Å². The van der Waals surface area contributed by atoms with E-state index in [4.69, 9.17) is 5.73 Å². The van der Waals surface area contributed by atoms with Crippen molar-refractivity contribution in [3.8, 4) is 5.69 Å². The highest BCUT2D eigenvalue weighted by Crippen LogP contribution is 2.18. The van der Waals surface area contributed by atoms with E-state index < -0.39 is 0 Å². The maximum Gasteiger partial charge on any atom is 0.166 e. The fourth-order valence-electron chi connectivity index (χ4n) is 1.99. The molecule has 2 heterocycles. The lowest BCUT2D eigenvalue weighted by Crippen LogP contribution is -2.05. The van der Waals surface area contributed by atoms with Crippen molar-refractivity contribution in [2.75, 3.05) is 6.54 Å². The Morgan fingerprint density at radius 3 is 2.72 bits per heavy atom. The highest BCUT2D eigenvalue weighted by molar-refractivity contribution is 5.78. The van der Waals surface area contributed by atoms with Gasteiger partial charge in [0.15, 0.2) is 5.65 Å². The van der Waals surface area contributed by atoms with E-state index in [2.05, 4.69) is 15.1 Å². The fourth-order valence-corrected chi connectivity index (χ4v) is 1.99. The van der Waals surface area contributed by atoms with Gasteiger partial charge in [0.05, 0.1) is 23.0 Å². The maximum atomic E-state index is 5.58. The summed E-state index contributed by atoms with van der Waals surface area (Å²) in [6.07, 6.45) is 4.10. The number of hydrogen-bond donors (Lipinski definition) is 1. The molecule has 0 atom stereocenters. The molecule has 0 radical (unpaired) electrons. The first-order valence-corrected chi connectivity index (χ1v) is 5.83. The van der Waals surface area contributed by atoms with Gasteiger partial charge in [-0.2, -0.15) is 5.10 Å². The average Bonchev–Trinajstić information content (AvgIpc) is 2.85. The minimum Gasteiger partial charge on any atom is -0.330 e. The first-order chi connectivity index (χ1) is 8.90. The number of nitrogens with two attached hydrogens (primary N) is 1. The predicted molar refractivity (Wildman–Crippen MR) is 69.4 cm³/mol. The quantitative estimate of drug-likeness (QED) is 0.748. The highest BCUT2D eigenvalue weighted by Gasteiger charge is 2.09. The Kier molecular flexibility index (Phi) is 2.74. The molecule has 0 unspecified atom stereocenters. The van der Waals surface area contributed by atoms with Gasteiger partial charge >= 0.3 is 0 Å². The van der Waals surface area contributed by atoms with Crippen molar-refractivity contribution in [1.82, 2.24) is 19.7 Å². The summed E-state index contributed by atoms with van der Waals surface area (Å²) in [4.78, 5) is 8.57. The summed E-state index contributed by atoms with van der Waals surface area (Å²) in [5.41, 5.74) is 8.34. The van der Waals surface area contributed by atoms with E-state index in [1.165, 1.54) is 0 Å². The Bertz CT molecular complexity index is 659. The minimum absolute atomic E-state index is 0.572. The lowest BCUT2D eigenvalue weighted by atomic mass is 10.2. The summed E-state index contributed by atoms with van der Waals surface area (Å²) < 4.78 is 1.82. The fraction of sp³-hybridized carbons (Fsp3) is 0.154. The monoisotopic (exact) mass is 239 g/mol. The van der Waals surface area contributed by atoms with Crippen LogP contribution in [0.3, 0.4) is 0 Å². The molecule has 0 bridgehead atoms. The summed E-state index contributed by atoms with van der Waals surface area (Å²) in [6, 6.07) is 9.92. The molecular formula is C13H13N5. The second-order valence-corrected chi connectivity index (χ2v) is 3.99. The lowest BCUT2D eigenvalue weighted by Gasteiger charge is -2.03. The molecule has 18 heavy (non-hydrogen) atoms. The van der Waals surface area contributed by atoms with Crippen LogP contribution in [0.1, 0.15) is 5.69 Å². The van der Waals surface area contributed by atoms with E-state index in [0.717, 1.165) is 28.8 Å². The molecule has 0 fully saturated rings. The zero-order valence-electron chi connectivity index (χ0n) is 9.82. The first-order valence-electron chi connectivity index (χ1n) is 5.83. The SMILES string of the molecule is NCCc1ncnc2c1cnn2-c1ccccc1. The third-order valence-corrected chi connectivity index (χ3v) is 2.83. The molecular weight excluding hydrogens is 226 g/mol. The Balaban J connectivity index is 2.18. The van der Waals surface area contributed by atoms with Gasteiger partial charge in [0.1, 0.15) is 6.33 Å². The Hall–Kier alpha value is -2.27. The van der Waals surface area contributed by atoms with Gasteiger partial charge < -0.3 is 5.73 Å². The standard InChI is InChI=1S/C13H13N5/c14-7-6-12-11-8-17-18(13(11)16-9-15-12)10-4-2-1-3-5-10/h1-5,8-9H,6-7,14H2. The smallest absolute Gasteiger partial charge is 0.166 e. The molecule has 5 heteroatoms. The normalized spacial score (nSPS) is 10.9. The number of hydrogen-bond acceptors (Lipinski definition) is 4. The molecule has 5 nitrogen and oxygen atoms in total. The number of aromatic nitrogens is 4. The summed E-state index contributed by atoms with van der Waals surface area (Å²) in [7, 11) is 0. The maximum absolute atomic E-state index is 5.58. The number of nitrogens with zero attached hydrogens (tertiary/aromatic N) is 4. The van der Waals surface area contributed by atoms with Gasteiger partial charge in [-0.25, -0.2) is 14.6 Å². The van der Waals surface area contributed by atoms with Crippen molar-refractivity contribution in [2.45, 2.75) is 6.42 Å². The second kappa shape index (κ2) is 4.54. The third kappa shape index (κ3) is 1.74. The predicted octanol–water partition coefficient (Wildman–Crippen LogP) is 1.32. The van der Waals surface area contributed by atoms with Crippen molar-refractivity contribution >= 4 is 11.0 Å². The molecule has 0 aliphatic rings. The van der Waals surface area contributed by atoms with E-state index >= 15 is 0 Å². The molecule has 0 saturated carbocycles. The molecule has 1 aromatic carbocycles. The van der Waals surface area contributed by atoms with E-state index in [1.54, 1.807) is 12.5 Å². The average molecular weight is 239 g/mol. The van der Waals surface area contributed by atoms with E-state index in [1.807, 2.05) is 35.0 Å². The molecule has 0 aliphatic heterocycles. The van der Waals surface area contributed by atoms with E-state index in [-0.39, 0.29) is 0 Å². The number of para-hydroxylation sites is 1. The lowest BCUT2D eigenvalue weighted by molar-refractivity contribution is 0.890. The van der Waals surface area contributed by atoms with Gasteiger partial charge in [-0.3, -0.25) is 0 Å². The van der Waals surface area contributed by atoms with Crippen molar-refractivity contribution in [3.63, 3.8) is 0 Å². The van der Waals surface area contributed by atoms with Crippen LogP contribution in [0, 0.1) is 0 Å². The second-order valence-electron chi connectivity index (χ2n) is 3.99. The molecule has 90 valence electrons. The summed E-state index contributed by atoms with van der Waals surface area (Å²) in [5, 5.41) is 5.35. The first kappa shape index (κ1) is 10.9. The summed E-state index contributed by atoms with van der Waals surface area (Å²) in [6.45, 7) is 0.572. The zero-order chi connectivity index (χ0) is 12.4. The molecule has 0 spiro atoms. The summed E-state index contributed by atoms with van der Waals surface area (Å²) in [5.74, 6) is 0. The van der Waals surface area contributed by atoms with Gasteiger partial charge in [-0.05, 0) is 18.7 Å². The number of fused-ring (bicyclic) bond motifs is 1. The van der Waals surface area contributed by atoms with Gasteiger partial charge in [0.25, 0.3) is 0 Å². The van der Waals surface area contributed by atoms with Gasteiger partial charge in [0.2, 0.25) is 0 Å². The zero-order valence-corrected chi connectivity index (χ0v) is 9.82. The van der Waals surface area contributed by atoms with Gasteiger partial charge in [-0.1, -0.05) is 18.2 Å². The topological polar surface area (TPSA) is 69.6 Å². The van der Waals surface area contributed by atoms with Crippen LogP contribution in [0.25, 0.3) is 16.7 Å². The van der Waals surface area contributed by atoms with Crippen LogP contribution in [0.15, 0.2) is 42.9 Å². The Morgan fingerprint density at radius 1 is 1.11 bits per heavy atom. The van der Waals surface area contributed by atoms with Gasteiger partial charge in [0, 0.05) is 6.42 Å². The van der Waals surface area contributed by atoms with Crippen molar-refractivity contribution in [2.24, 2.45) is 5.73 Å². The largest absolute Gasteiger partial charge is 0.330 e. The molecule has 0 saturated heterocycles. The van der Waals surface area contributed by atoms with Crippen LogP contribution in [0.4, 0.5) is 0 Å². The number of benzene rings is 1. The van der Waals surface area contributed by atoms with Crippen LogP contribution in [0.5, 0.6) is 0 Å². The molecule has 3 rings (SSSR count). The van der Waals surface area contributed by atoms with Crippen molar-refractivity contribution in [1.29, 1.82) is 0 Å². The van der Waals surface area contributed by atoms with Crippen LogP contribution >= 0.6 is 0 Å². The van der Waals surface area contributed by atoms with Crippen LogP contribution < -0.4 is 5.73 Å². The van der Waals surface area contributed by atoms with Crippen LogP contribution in [-0.4, -0.2) is 26.3 Å². The highest BCUT2D eigenvalue weighted by atomic mass is 15.3. The third-order valence-electron chi connectivity index (χ3n) is 2.83. The molecule has 0 amide bonds. The van der Waals surface area contributed by atoms with Gasteiger partial charge in [-0.15, -0.1) is 0 Å². The summed E-state index contributed by atoms with van der Waals surface area (Å²) >= 11 is 0. The Morgan fingerprint density at radius 2 is 1.94 bits per heavy atom. The van der Waals surface area contributed by atoms with E-state index in [0.29, 0.717) is 6.54 Å². The minimum atomic E-state index is 0.572. The Labute approximate surface area is 104 Å². The molecule has 0 aliphatic carbocycles. The molecule has 3 aromatic rings. The van der Waals surface area contributed by atoms with Crippen LogP contribution in [0.2, 0.25) is 0 Å². The molecule has 2 N–H and O–H groups in total. The van der Waals surface area contributed by atoms with Crippen molar-refractivity contribution < 1.29 is 0 Å². The van der Waals surface area contributed by atoms with E-state index in [9.17, 15) is 0 Å². The van der Waals surface area contributed by atoms with Crippen LogP contribution in [-0.2, 0) is 6.42 Å². The molecule has 2 aromatic heterocycles.